The SMILES string of the molecule is CC(C(=O)O)C1CN(C(=O)Nc2ccc3sccc3c2)C1. The van der Waals surface area contributed by atoms with Crippen molar-refractivity contribution in [1.82, 2.24) is 4.90 Å². The second kappa shape index (κ2) is 5.37. The molecule has 0 saturated carbocycles. The molecule has 1 atom stereocenters. The minimum Gasteiger partial charge on any atom is -0.481 e. The lowest BCUT2D eigenvalue weighted by molar-refractivity contribution is -0.144. The maximum Gasteiger partial charge on any atom is 0.321 e. The predicted molar refractivity (Wildman–Crippen MR) is 82.7 cm³/mol. The molecular formula is C15H16N2O3S. The zero-order valence-corrected chi connectivity index (χ0v) is 12.4. The van der Waals surface area contributed by atoms with Gasteiger partial charge in [-0.3, -0.25) is 4.79 Å². The number of rotatable bonds is 3. The Balaban J connectivity index is 1.59. The summed E-state index contributed by atoms with van der Waals surface area (Å²) in [4.78, 5) is 24.6. The highest BCUT2D eigenvalue weighted by Gasteiger charge is 2.37. The van der Waals surface area contributed by atoms with Crippen molar-refractivity contribution in [3.63, 3.8) is 0 Å². The van der Waals surface area contributed by atoms with Crippen LogP contribution >= 0.6 is 11.3 Å². The number of fused-ring (bicyclic) bond motifs is 1. The molecule has 0 spiro atoms. The molecule has 1 fully saturated rings. The van der Waals surface area contributed by atoms with Crippen molar-refractivity contribution in [3.05, 3.63) is 29.6 Å². The van der Waals surface area contributed by atoms with Gasteiger partial charge in [-0.2, -0.15) is 0 Å². The first kappa shape index (κ1) is 13.9. The van der Waals surface area contributed by atoms with E-state index in [1.54, 1.807) is 23.2 Å². The summed E-state index contributed by atoms with van der Waals surface area (Å²) in [6.45, 7) is 2.69. The Kier molecular flexibility index (Phi) is 3.55. The van der Waals surface area contributed by atoms with E-state index < -0.39 is 11.9 Å². The summed E-state index contributed by atoms with van der Waals surface area (Å²) in [5.74, 6) is -1.16. The van der Waals surface area contributed by atoms with Crippen LogP contribution in [0.4, 0.5) is 10.5 Å². The minimum atomic E-state index is -0.803. The van der Waals surface area contributed by atoms with E-state index in [1.807, 2.05) is 29.6 Å². The van der Waals surface area contributed by atoms with Gasteiger partial charge in [0.15, 0.2) is 0 Å². The Morgan fingerprint density at radius 3 is 2.86 bits per heavy atom. The van der Waals surface area contributed by atoms with Crippen molar-refractivity contribution in [2.24, 2.45) is 11.8 Å². The Bertz CT molecular complexity index is 691. The summed E-state index contributed by atoms with van der Waals surface area (Å²) in [5.41, 5.74) is 0.764. The van der Waals surface area contributed by atoms with Gasteiger partial charge < -0.3 is 15.3 Å². The molecule has 5 nitrogen and oxygen atoms in total. The molecule has 2 N–H and O–H groups in total. The molecule has 1 unspecified atom stereocenters. The average Bonchev–Trinajstić information content (AvgIpc) is 2.84. The Morgan fingerprint density at radius 2 is 2.14 bits per heavy atom. The van der Waals surface area contributed by atoms with Crippen LogP contribution in [0.15, 0.2) is 29.6 Å². The highest BCUT2D eigenvalue weighted by atomic mass is 32.1. The zero-order valence-electron chi connectivity index (χ0n) is 11.6. The highest BCUT2D eigenvalue weighted by Crippen LogP contribution is 2.27. The Labute approximate surface area is 126 Å². The van der Waals surface area contributed by atoms with Crippen LogP contribution in [0.25, 0.3) is 10.1 Å². The fourth-order valence-electron chi connectivity index (χ4n) is 2.44. The van der Waals surface area contributed by atoms with Crippen LogP contribution in [0.5, 0.6) is 0 Å². The first-order valence-corrected chi connectivity index (χ1v) is 7.68. The van der Waals surface area contributed by atoms with Crippen molar-refractivity contribution < 1.29 is 14.7 Å². The van der Waals surface area contributed by atoms with Gasteiger partial charge in [-0.25, -0.2) is 4.79 Å². The van der Waals surface area contributed by atoms with E-state index in [2.05, 4.69) is 5.32 Å². The summed E-state index contributed by atoms with van der Waals surface area (Å²) in [7, 11) is 0. The van der Waals surface area contributed by atoms with E-state index in [4.69, 9.17) is 5.11 Å². The molecule has 21 heavy (non-hydrogen) atoms. The van der Waals surface area contributed by atoms with Crippen molar-refractivity contribution in [3.8, 4) is 0 Å². The fraction of sp³-hybridized carbons (Fsp3) is 0.333. The minimum absolute atomic E-state index is 0.0487. The molecule has 1 aromatic carbocycles. The summed E-state index contributed by atoms with van der Waals surface area (Å²) in [6.07, 6.45) is 0. The lowest BCUT2D eigenvalue weighted by Gasteiger charge is -2.41. The molecule has 1 aromatic heterocycles. The standard InChI is InChI=1S/C15H16N2O3S/c1-9(14(18)19)11-7-17(8-11)15(20)16-12-2-3-13-10(6-12)4-5-21-13/h2-6,9,11H,7-8H2,1H3,(H,16,20)(H,18,19). The maximum absolute atomic E-state index is 12.1. The molecule has 1 saturated heterocycles. The normalized spacial score (nSPS) is 16.5. The van der Waals surface area contributed by atoms with Crippen molar-refractivity contribution in [2.45, 2.75) is 6.92 Å². The predicted octanol–water partition coefficient (Wildman–Crippen LogP) is 3.09. The third kappa shape index (κ3) is 2.71. The summed E-state index contributed by atoms with van der Waals surface area (Å²) < 4.78 is 1.19. The van der Waals surface area contributed by atoms with Crippen molar-refractivity contribution in [2.75, 3.05) is 18.4 Å². The van der Waals surface area contributed by atoms with Crippen LogP contribution in [-0.4, -0.2) is 35.1 Å². The number of hydrogen-bond donors (Lipinski definition) is 2. The first-order valence-electron chi connectivity index (χ1n) is 6.80. The second-order valence-electron chi connectivity index (χ2n) is 5.40. The van der Waals surface area contributed by atoms with Crippen LogP contribution in [0.1, 0.15) is 6.92 Å². The first-order chi connectivity index (χ1) is 10.0. The van der Waals surface area contributed by atoms with Crippen molar-refractivity contribution >= 4 is 39.1 Å². The number of amides is 2. The second-order valence-corrected chi connectivity index (χ2v) is 6.34. The lowest BCUT2D eigenvalue weighted by Crippen LogP contribution is -2.54. The van der Waals surface area contributed by atoms with Crippen LogP contribution in [0.2, 0.25) is 0 Å². The van der Waals surface area contributed by atoms with Crippen LogP contribution < -0.4 is 5.32 Å². The van der Waals surface area contributed by atoms with E-state index in [1.165, 1.54) is 4.70 Å². The molecule has 1 aliphatic rings. The number of carboxylic acid groups (broad SMARTS) is 1. The number of likely N-dealkylation sites (tertiary alicyclic amines) is 1. The van der Waals surface area contributed by atoms with Gasteiger partial charge in [0.2, 0.25) is 0 Å². The third-order valence-corrected chi connectivity index (χ3v) is 4.90. The van der Waals surface area contributed by atoms with Crippen LogP contribution in [0, 0.1) is 11.8 Å². The van der Waals surface area contributed by atoms with Gasteiger partial charge in [-0.05, 0) is 35.0 Å². The number of nitrogens with one attached hydrogen (secondary N) is 1. The zero-order chi connectivity index (χ0) is 15.0. The number of thiophene rings is 1. The Morgan fingerprint density at radius 1 is 1.38 bits per heavy atom. The third-order valence-electron chi connectivity index (χ3n) is 4.00. The Hall–Kier alpha value is -2.08. The lowest BCUT2D eigenvalue weighted by atomic mass is 9.87. The smallest absolute Gasteiger partial charge is 0.321 e. The van der Waals surface area contributed by atoms with Gasteiger partial charge in [0.1, 0.15) is 0 Å². The summed E-state index contributed by atoms with van der Waals surface area (Å²) >= 11 is 1.66. The molecule has 0 aliphatic carbocycles. The van der Waals surface area contributed by atoms with Gasteiger partial charge >= 0.3 is 12.0 Å². The number of carbonyl (C=O) groups excluding carboxylic acids is 1. The van der Waals surface area contributed by atoms with Gasteiger partial charge in [0, 0.05) is 29.4 Å². The largest absolute Gasteiger partial charge is 0.481 e. The number of aliphatic carboxylic acids is 1. The molecule has 0 radical (unpaired) electrons. The molecule has 110 valence electrons. The number of hydrogen-bond acceptors (Lipinski definition) is 3. The van der Waals surface area contributed by atoms with Crippen LogP contribution in [-0.2, 0) is 4.79 Å². The summed E-state index contributed by atoms with van der Waals surface area (Å²) in [6, 6.07) is 7.66. The van der Waals surface area contributed by atoms with Gasteiger partial charge in [-0.15, -0.1) is 11.3 Å². The molecule has 2 heterocycles. The molecule has 2 aromatic rings. The van der Waals surface area contributed by atoms with E-state index in [0.29, 0.717) is 13.1 Å². The van der Waals surface area contributed by atoms with E-state index in [-0.39, 0.29) is 11.9 Å². The van der Waals surface area contributed by atoms with E-state index in [9.17, 15) is 9.59 Å². The van der Waals surface area contributed by atoms with E-state index in [0.717, 1.165) is 11.1 Å². The number of carbonyl (C=O) groups is 2. The summed E-state index contributed by atoms with van der Waals surface area (Å²) in [5, 5.41) is 14.9. The molecule has 1 aliphatic heterocycles. The maximum atomic E-state index is 12.1. The topological polar surface area (TPSA) is 69.6 Å². The number of urea groups is 1. The highest BCUT2D eigenvalue weighted by molar-refractivity contribution is 7.17. The van der Waals surface area contributed by atoms with E-state index >= 15 is 0 Å². The van der Waals surface area contributed by atoms with Gasteiger partial charge in [-0.1, -0.05) is 6.92 Å². The van der Waals surface area contributed by atoms with Gasteiger partial charge in [0.25, 0.3) is 0 Å². The molecule has 3 rings (SSSR count). The van der Waals surface area contributed by atoms with Crippen LogP contribution in [0.3, 0.4) is 0 Å². The number of carboxylic acids is 1. The molecular weight excluding hydrogens is 288 g/mol. The molecule has 6 heteroatoms. The monoisotopic (exact) mass is 304 g/mol. The number of benzene rings is 1. The van der Waals surface area contributed by atoms with Gasteiger partial charge in [0.05, 0.1) is 5.92 Å². The molecule has 0 bridgehead atoms. The quantitative estimate of drug-likeness (QED) is 0.915. The molecule has 2 amide bonds. The van der Waals surface area contributed by atoms with Crippen molar-refractivity contribution in [1.29, 1.82) is 0 Å². The number of nitrogens with zero attached hydrogens (tertiary/aromatic N) is 1. The number of anilines is 1. The average molecular weight is 304 g/mol. The fourth-order valence-corrected chi connectivity index (χ4v) is 3.21.